The van der Waals surface area contributed by atoms with E-state index in [2.05, 4.69) is 6.07 Å². The number of carbonyl (C=O) groups excluding carboxylic acids is 2. The number of benzene rings is 1. The number of nitrogens with zero attached hydrogens (tertiary/aromatic N) is 2. The quantitative estimate of drug-likeness (QED) is 0.755. The summed E-state index contributed by atoms with van der Waals surface area (Å²) in [7, 11) is 3.13. The van der Waals surface area contributed by atoms with E-state index in [9.17, 15) is 14.9 Å². The van der Waals surface area contributed by atoms with Crippen LogP contribution >= 0.6 is 0 Å². The number of ether oxygens (including phenoxy) is 2. The Morgan fingerprint density at radius 1 is 1.40 bits per heavy atom. The molecule has 1 aromatic rings. The number of primary amides is 1. The molecular formula is C18H21N3O4. The molecule has 2 amide bonds. The number of nitrogens with two attached hydrogens (primary N) is 1. The van der Waals surface area contributed by atoms with Gasteiger partial charge in [0.15, 0.2) is 18.1 Å². The summed E-state index contributed by atoms with van der Waals surface area (Å²) in [4.78, 5) is 24.6. The van der Waals surface area contributed by atoms with Gasteiger partial charge < -0.3 is 20.1 Å². The van der Waals surface area contributed by atoms with Crippen LogP contribution in [0.2, 0.25) is 0 Å². The first kappa shape index (κ1) is 18.3. The van der Waals surface area contributed by atoms with Crippen LogP contribution in [0.5, 0.6) is 11.5 Å². The Balaban J connectivity index is 2.09. The van der Waals surface area contributed by atoms with E-state index in [0.29, 0.717) is 24.3 Å². The summed E-state index contributed by atoms with van der Waals surface area (Å²) < 4.78 is 10.5. The topological polar surface area (TPSA) is 106 Å². The van der Waals surface area contributed by atoms with E-state index in [1.807, 2.05) is 0 Å². The largest absolute Gasteiger partial charge is 0.493 e. The summed E-state index contributed by atoms with van der Waals surface area (Å²) in [5.74, 6) is 0.00725. The number of nitriles is 1. The van der Waals surface area contributed by atoms with E-state index in [1.165, 1.54) is 18.1 Å². The number of amides is 2. The van der Waals surface area contributed by atoms with Crippen LogP contribution in [0.15, 0.2) is 24.3 Å². The lowest BCUT2D eigenvalue weighted by molar-refractivity contribution is -0.130. The van der Waals surface area contributed by atoms with Gasteiger partial charge in [0.2, 0.25) is 5.91 Å². The number of methoxy groups -OCH3 is 1. The molecule has 0 heterocycles. The Labute approximate surface area is 146 Å². The second-order valence-corrected chi connectivity index (χ2v) is 5.89. The molecular weight excluding hydrogens is 322 g/mol. The van der Waals surface area contributed by atoms with Crippen molar-refractivity contribution in [1.82, 2.24) is 4.90 Å². The Morgan fingerprint density at radius 3 is 2.64 bits per heavy atom. The number of carbonyl (C=O) groups is 2. The van der Waals surface area contributed by atoms with Gasteiger partial charge in [-0.15, -0.1) is 0 Å². The highest BCUT2D eigenvalue weighted by molar-refractivity contribution is 5.92. The van der Waals surface area contributed by atoms with Crippen molar-refractivity contribution in [3.05, 3.63) is 29.8 Å². The molecule has 0 aliphatic heterocycles. The maximum atomic E-state index is 12.3. The molecule has 1 aliphatic rings. The van der Waals surface area contributed by atoms with E-state index in [1.54, 1.807) is 31.3 Å². The normalized spacial score (nSPS) is 15.1. The maximum Gasteiger partial charge on any atom is 0.255 e. The highest BCUT2D eigenvalue weighted by atomic mass is 16.5. The molecule has 25 heavy (non-hydrogen) atoms. The number of hydrogen-bond acceptors (Lipinski definition) is 5. The molecule has 0 radical (unpaired) electrons. The first-order valence-corrected chi connectivity index (χ1v) is 7.88. The van der Waals surface area contributed by atoms with Crippen molar-refractivity contribution in [3.8, 4) is 17.6 Å². The van der Waals surface area contributed by atoms with Crippen LogP contribution in [0, 0.1) is 11.3 Å². The molecule has 1 aromatic carbocycles. The third kappa shape index (κ3) is 4.10. The smallest absolute Gasteiger partial charge is 0.255 e. The zero-order chi connectivity index (χ0) is 18.4. The second-order valence-electron chi connectivity index (χ2n) is 5.89. The van der Waals surface area contributed by atoms with E-state index in [0.717, 1.165) is 12.0 Å². The number of rotatable bonds is 7. The van der Waals surface area contributed by atoms with E-state index in [-0.39, 0.29) is 12.5 Å². The lowest BCUT2D eigenvalue weighted by Gasteiger charge is -2.42. The average Bonchev–Trinajstić information content (AvgIpc) is 2.57. The molecule has 0 bridgehead atoms. The zero-order valence-electron chi connectivity index (χ0n) is 14.3. The van der Waals surface area contributed by atoms with E-state index < -0.39 is 11.4 Å². The minimum absolute atomic E-state index is 0.228. The average molecular weight is 343 g/mol. The Kier molecular flexibility index (Phi) is 5.65. The fraction of sp³-hybridized carbons (Fsp3) is 0.389. The molecule has 132 valence electrons. The second kappa shape index (κ2) is 7.71. The molecule has 2 rings (SSSR count). The van der Waals surface area contributed by atoms with Gasteiger partial charge in [-0.05, 0) is 43.0 Å². The van der Waals surface area contributed by atoms with Crippen molar-refractivity contribution in [1.29, 1.82) is 5.26 Å². The minimum Gasteiger partial charge on any atom is -0.493 e. The molecule has 0 unspecified atom stereocenters. The molecule has 0 aromatic heterocycles. The summed E-state index contributed by atoms with van der Waals surface area (Å²) in [6, 6.07) is 7.29. The first-order valence-electron chi connectivity index (χ1n) is 7.88. The Hall–Kier alpha value is -3.01. The molecule has 2 N–H and O–H groups in total. The predicted octanol–water partition coefficient (Wildman–Crippen LogP) is 1.48. The van der Waals surface area contributed by atoms with Crippen molar-refractivity contribution in [3.63, 3.8) is 0 Å². The standard InChI is InChI=1S/C18H21N3O4/c1-21(18(12-19)8-3-9-18)17(23)7-5-13-4-6-14(15(10-13)24-2)25-11-16(20)22/h4-7,10H,3,8-9,11H2,1-2H3,(H2,20,22)/b7-5+. The van der Waals surface area contributed by atoms with Gasteiger partial charge in [-0.1, -0.05) is 6.07 Å². The van der Waals surface area contributed by atoms with Crippen LogP contribution < -0.4 is 15.2 Å². The SMILES string of the molecule is COc1cc(/C=C/C(=O)N(C)C2(C#N)CCC2)ccc1OCC(N)=O. The van der Waals surface area contributed by atoms with Crippen molar-refractivity contribution < 1.29 is 19.1 Å². The fourth-order valence-electron chi connectivity index (χ4n) is 2.58. The predicted molar refractivity (Wildman–Crippen MR) is 91.7 cm³/mol. The van der Waals surface area contributed by atoms with Crippen LogP contribution in [0.25, 0.3) is 6.08 Å². The third-order valence-electron chi connectivity index (χ3n) is 4.34. The summed E-state index contributed by atoms with van der Waals surface area (Å²) in [6.07, 6.45) is 5.44. The van der Waals surface area contributed by atoms with Gasteiger partial charge in [0.25, 0.3) is 5.91 Å². The lowest BCUT2D eigenvalue weighted by atomic mass is 9.76. The monoisotopic (exact) mass is 343 g/mol. The van der Waals surface area contributed by atoms with Crippen LogP contribution in [-0.4, -0.2) is 43.0 Å². The molecule has 7 nitrogen and oxygen atoms in total. The third-order valence-corrected chi connectivity index (χ3v) is 4.34. The van der Waals surface area contributed by atoms with Crippen LogP contribution in [-0.2, 0) is 9.59 Å². The van der Waals surface area contributed by atoms with Gasteiger partial charge in [0.1, 0.15) is 5.54 Å². The van der Waals surface area contributed by atoms with Crippen LogP contribution in [0.3, 0.4) is 0 Å². The van der Waals surface area contributed by atoms with Crippen molar-refractivity contribution in [2.75, 3.05) is 20.8 Å². The molecule has 0 spiro atoms. The first-order chi connectivity index (χ1) is 11.9. The van der Waals surface area contributed by atoms with E-state index in [4.69, 9.17) is 15.2 Å². The van der Waals surface area contributed by atoms with E-state index >= 15 is 0 Å². The molecule has 7 heteroatoms. The highest BCUT2D eigenvalue weighted by Crippen LogP contribution is 2.36. The minimum atomic E-state index is -0.675. The van der Waals surface area contributed by atoms with Crippen molar-refractivity contribution in [2.45, 2.75) is 24.8 Å². The van der Waals surface area contributed by atoms with Gasteiger partial charge in [0.05, 0.1) is 13.2 Å². The summed E-state index contributed by atoms with van der Waals surface area (Å²) in [5, 5.41) is 9.30. The number of hydrogen-bond donors (Lipinski definition) is 1. The Morgan fingerprint density at radius 2 is 2.12 bits per heavy atom. The summed E-state index contributed by atoms with van der Waals surface area (Å²) >= 11 is 0. The maximum absolute atomic E-state index is 12.3. The van der Waals surface area contributed by atoms with Gasteiger partial charge in [-0.25, -0.2) is 0 Å². The van der Waals surface area contributed by atoms with Crippen molar-refractivity contribution >= 4 is 17.9 Å². The number of likely N-dealkylation sites (N-methyl/N-ethyl adjacent to an activating group) is 1. The fourth-order valence-corrected chi connectivity index (χ4v) is 2.58. The molecule has 0 saturated heterocycles. The highest BCUT2D eigenvalue weighted by Gasteiger charge is 2.42. The van der Waals surface area contributed by atoms with Crippen molar-refractivity contribution in [2.24, 2.45) is 5.73 Å². The van der Waals surface area contributed by atoms with Gasteiger partial charge in [-0.3, -0.25) is 9.59 Å². The summed E-state index contributed by atoms with van der Waals surface area (Å²) in [6.45, 7) is -0.245. The lowest BCUT2D eigenvalue weighted by Crippen LogP contribution is -2.52. The molecule has 0 atom stereocenters. The zero-order valence-corrected chi connectivity index (χ0v) is 14.3. The Bertz CT molecular complexity index is 732. The molecule has 1 aliphatic carbocycles. The molecule has 1 saturated carbocycles. The van der Waals surface area contributed by atoms with Gasteiger partial charge >= 0.3 is 0 Å². The van der Waals surface area contributed by atoms with Crippen LogP contribution in [0.4, 0.5) is 0 Å². The van der Waals surface area contributed by atoms with Gasteiger partial charge in [-0.2, -0.15) is 5.26 Å². The summed E-state index contributed by atoms with van der Waals surface area (Å²) in [5.41, 5.74) is 5.10. The van der Waals surface area contributed by atoms with Gasteiger partial charge in [0, 0.05) is 13.1 Å². The molecule has 1 fully saturated rings. The van der Waals surface area contributed by atoms with Crippen LogP contribution in [0.1, 0.15) is 24.8 Å².